The van der Waals surface area contributed by atoms with Gasteiger partial charge in [0.1, 0.15) is 0 Å². The minimum absolute atomic E-state index is 0.0633. The molecule has 0 bridgehead atoms. The highest BCUT2D eigenvalue weighted by molar-refractivity contribution is 7.26. The Balaban J connectivity index is 1.97. The van der Waals surface area contributed by atoms with Crippen molar-refractivity contribution < 1.29 is 9.59 Å². The van der Waals surface area contributed by atoms with E-state index in [1.54, 1.807) is 11.3 Å². The van der Waals surface area contributed by atoms with Crippen molar-refractivity contribution in [3.8, 4) is 0 Å². The van der Waals surface area contributed by atoms with Crippen LogP contribution in [0.1, 0.15) is 50.1 Å². The van der Waals surface area contributed by atoms with Crippen LogP contribution in [0, 0.1) is 25.7 Å². The van der Waals surface area contributed by atoms with Gasteiger partial charge in [0.25, 0.3) is 0 Å². The van der Waals surface area contributed by atoms with Gasteiger partial charge >= 0.3 is 0 Å². The van der Waals surface area contributed by atoms with Gasteiger partial charge in [-0.1, -0.05) is 0 Å². The zero-order valence-corrected chi connectivity index (χ0v) is 14.8. The molecular weight excluding hydrogens is 314 g/mol. The summed E-state index contributed by atoms with van der Waals surface area (Å²) in [5.41, 5.74) is 0.719. The summed E-state index contributed by atoms with van der Waals surface area (Å²) < 4.78 is 1.14. The van der Waals surface area contributed by atoms with Crippen LogP contribution >= 0.6 is 22.7 Å². The fraction of sp³-hybridized carbons (Fsp3) is 0.529. The van der Waals surface area contributed by atoms with E-state index in [9.17, 15) is 9.59 Å². The number of carbonyl (C=O) groups is 2. The predicted octanol–water partition coefficient (Wildman–Crippen LogP) is 3.96. The first-order valence-electron chi connectivity index (χ1n) is 7.77. The van der Waals surface area contributed by atoms with Gasteiger partial charge in [0.05, 0.1) is 4.88 Å². The molecule has 4 unspecified atom stereocenters. The smallest absolute Gasteiger partial charge is 0.177 e. The molecule has 4 rings (SSSR count). The molecule has 1 N–H and O–H groups in total. The Bertz CT molecular complexity index is 816. The molecule has 4 atom stereocenters. The minimum Gasteiger partial charge on any atom is -0.311 e. The van der Waals surface area contributed by atoms with Crippen LogP contribution in [0.3, 0.4) is 0 Å². The number of aryl methyl sites for hydroxylation is 2. The molecule has 2 aromatic heterocycles. The standard InChI is InChI=1S/C17H19NO2S2/c1-6-5-10-11(7(2)18-6)15(20)13-12-8(3)21-9(4)16(12)22-17(13)14(10)19/h6-7,10-11,18H,5H2,1-4H3. The van der Waals surface area contributed by atoms with E-state index in [-0.39, 0.29) is 29.4 Å². The monoisotopic (exact) mass is 333 g/mol. The first kappa shape index (κ1) is 14.5. The Morgan fingerprint density at radius 3 is 2.50 bits per heavy atom. The Kier molecular flexibility index (Phi) is 3.13. The fourth-order valence-corrected chi connectivity index (χ4v) is 6.80. The maximum Gasteiger partial charge on any atom is 0.177 e. The second-order valence-electron chi connectivity index (χ2n) is 6.68. The molecule has 1 fully saturated rings. The Morgan fingerprint density at radius 2 is 1.77 bits per heavy atom. The van der Waals surface area contributed by atoms with Crippen molar-refractivity contribution in [1.29, 1.82) is 0 Å². The molecule has 1 aliphatic heterocycles. The van der Waals surface area contributed by atoms with Crippen LogP contribution in [0.2, 0.25) is 0 Å². The van der Waals surface area contributed by atoms with E-state index >= 15 is 0 Å². The lowest BCUT2D eigenvalue weighted by Gasteiger charge is -2.41. The number of hydrogen-bond donors (Lipinski definition) is 1. The van der Waals surface area contributed by atoms with Crippen LogP contribution in [-0.4, -0.2) is 23.7 Å². The molecule has 0 saturated carbocycles. The molecule has 3 heterocycles. The largest absolute Gasteiger partial charge is 0.311 e. The second kappa shape index (κ2) is 4.73. The normalized spacial score (nSPS) is 31.5. The van der Waals surface area contributed by atoms with Crippen molar-refractivity contribution in [3.05, 3.63) is 20.2 Å². The van der Waals surface area contributed by atoms with Gasteiger partial charge in [0, 0.05) is 49.3 Å². The van der Waals surface area contributed by atoms with Crippen LogP contribution in [0.15, 0.2) is 0 Å². The molecule has 0 radical (unpaired) electrons. The summed E-state index contributed by atoms with van der Waals surface area (Å²) in [6.07, 6.45) is 0.766. The molecule has 3 nitrogen and oxygen atoms in total. The highest BCUT2D eigenvalue weighted by Gasteiger charge is 2.49. The van der Waals surface area contributed by atoms with E-state index in [1.165, 1.54) is 16.2 Å². The quantitative estimate of drug-likeness (QED) is 0.794. The molecule has 1 saturated heterocycles. The average molecular weight is 333 g/mol. The topological polar surface area (TPSA) is 46.2 Å². The van der Waals surface area contributed by atoms with Crippen molar-refractivity contribution >= 4 is 44.3 Å². The lowest BCUT2D eigenvalue weighted by atomic mass is 9.68. The van der Waals surface area contributed by atoms with Gasteiger partial charge in [-0.3, -0.25) is 9.59 Å². The molecule has 22 heavy (non-hydrogen) atoms. The van der Waals surface area contributed by atoms with Crippen LogP contribution in [0.25, 0.3) is 10.1 Å². The van der Waals surface area contributed by atoms with Gasteiger partial charge < -0.3 is 5.32 Å². The van der Waals surface area contributed by atoms with E-state index in [4.69, 9.17) is 0 Å². The first-order chi connectivity index (χ1) is 10.4. The third-order valence-corrected chi connectivity index (χ3v) is 7.60. The zero-order valence-electron chi connectivity index (χ0n) is 13.1. The number of ketones is 2. The number of piperidine rings is 1. The highest BCUT2D eigenvalue weighted by Crippen LogP contribution is 2.47. The number of carbonyl (C=O) groups excluding carboxylic acids is 2. The van der Waals surface area contributed by atoms with Gasteiger partial charge in [-0.25, -0.2) is 0 Å². The van der Waals surface area contributed by atoms with Crippen molar-refractivity contribution in [1.82, 2.24) is 5.32 Å². The van der Waals surface area contributed by atoms with Crippen molar-refractivity contribution in [2.24, 2.45) is 11.8 Å². The summed E-state index contributed by atoms with van der Waals surface area (Å²) in [6.45, 7) is 8.28. The lowest BCUT2D eigenvalue weighted by molar-refractivity contribution is 0.0613. The molecular formula is C17H19NO2S2. The molecule has 2 aliphatic rings. The number of hydrogen-bond acceptors (Lipinski definition) is 5. The third-order valence-electron chi connectivity index (χ3n) is 5.12. The van der Waals surface area contributed by atoms with E-state index in [1.807, 2.05) is 6.92 Å². The minimum atomic E-state index is -0.200. The van der Waals surface area contributed by atoms with Gasteiger partial charge in [-0.15, -0.1) is 22.7 Å². The molecule has 0 amide bonds. The zero-order chi connectivity index (χ0) is 15.8. The Hall–Kier alpha value is -1.04. The van der Waals surface area contributed by atoms with Gasteiger partial charge in [0.15, 0.2) is 11.6 Å². The summed E-state index contributed by atoms with van der Waals surface area (Å²) in [5, 5.41) is 4.50. The highest BCUT2D eigenvalue weighted by atomic mass is 32.1. The summed E-state index contributed by atoms with van der Waals surface area (Å²) in [6, 6.07) is 0.354. The fourth-order valence-electron chi connectivity index (χ4n) is 4.26. The third kappa shape index (κ3) is 1.76. The summed E-state index contributed by atoms with van der Waals surface area (Å²) in [5.74, 6) is 0.0374. The first-order valence-corrected chi connectivity index (χ1v) is 9.40. The van der Waals surface area contributed by atoms with E-state index in [0.29, 0.717) is 6.04 Å². The molecule has 1 aliphatic carbocycles. The van der Waals surface area contributed by atoms with Crippen molar-refractivity contribution in [2.75, 3.05) is 0 Å². The van der Waals surface area contributed by atoms with Crippen molar-refractivity contribution in [3.63, 3.8) is 0 Å². The second-order valence-corrected chi connectivity index (χ2v) is 9.13. The van der Waals surface area contributed by atoms with Gasteiger partial charge in [-0.2, -0.15) is 0 Å². The molecule has 2 aromatic rings. The summed E-state index contributed by atoms with van der Waals surface area (Å²) in [4.78, 5) is 29.3. The molecule has 0 aromatic carbocycles. The molecule has 116 valence electrons. The maximum absolute atomic E-state index is 13.2. The number of thiophene rings is 2. The number of nitrogens with one attached hydrogen (secondary N) is 1. The van der Waals surface area contributed by atoms with E-state index < -0.39 is 0 Å². The number of Topliss-reactive ketones (excluding diaryl/α,β-unsaturated/α-hetero) is 2. The van der Waals surface area contributed by atoms with Crippen LogP contribution in [0.4, 0.5) is 0 Å². The van der Waals surface area contributed by atoms with Crippen LogP contribution in [0.5, 0.6) is 0 Å². The van der Waals surface area contributed by atoms with Crippen LogP contribution < -0.4 is 5.32 Å². The SMILES string of the molecule is Cc1sc(C)c2c3c(sc12)C(=O)C1CC(C)NC(C)C1C3=O. The summed E-state index contributed by atoms with van der Waals surface area (Å²) in [7, 11) is 0. The van der Waals surface area contributed by atoms with Gasteiger partial charge in [-0.05, 0) is 34.1 Å². The van der Waals surface area contributed by atoms with Crippen molar-refractivity contribution in [2.45, 2.75) is 46.2 Å². The van der Waals surface area contributed by atoms with E-state index in [2.05, 4.69) is 26.1 Å². The molecule has 5 heteroatoms. The number of rotatable bonds is 0. The number of fused-ring (bicyclic) bond motifs is 4. The maximum atomic E-state index is 13.2. The van der Waals surface area contributed by atoms with E-state index in [0.717, 1.165) is 31.8 Å². The average Bonchev–Trinajstić information content (AvgIpc) is 2.95. The lowest BCUT2D eigenvalue weighted by Crippen LogP contribution is -2.55. The Labute approximate surface area is 137 Å². The summed E-state index contributed by atoms with van der Waals surface area (Å²) >= 11 is 3.26. The predicted molar refractivity (Wildman–Crippen MR) is 91.5 cm³/mol. The Morgan fingerprint density at radius 1 is 1.05 bits per heavy atom. The van der Waals surface area contributed by atoms with Crippen LogP contribution in [-0.2, 0) is 0 Å². The van der Waals surface area contributed by atoms with Gasteiger partial charge in [0.2, 0.25) is 0 Å². The molecule has 0 spiro atoms.